The molecule has 0 saturated carbocycles. The molecule has 0 fully saturated rings. The average Bonchev–Trinajstić information content (AvgIpc) is 2.68. The van der Waals surface area contributed by atoms with Gasteiger partial charge in [-0.2, -0.15) is 0 Å². The summed E-state index contributed by atoms with van der Waals surface area (Å²) in [5, 5.41) is 6.36. The van der Waals surface area contributed by atoms with E-state index in [-0.39, 0.29) is 0 Å². The normalized spacial score (nSPS) is 10.6. The summed E-state index contributed by atoms with van der Waals surface area (Å²) in [4.78, 5) is 4.51. The monoisotopic (exact) mass is 218 g/mol. The van der Waals surface area contributed by atoms with Gasteiger partial charge in [0.25, 0.3) is 0 Å². The zero-order valence-electron chi connectivity index (χ0n) is 8.90. The highest BCUT2D eigenvalue weighted by Gasteiger charge is 2.04. The minimum atomic E-state index is 0.493. The van der Waals surface area contributed by atoms with Gasteiger partial charge in [-0.25, -0.2) is 4.98 Å². The second kappa shape index (κ2) is 4.45. The van der Waals surface area contributed by atoms with E-state index in [2.05, 4.69) is 29.5 Å². The Kier molecular flexibility index (Phi) is 3.02. The first-order valence-electron chi connectivity index (χ1n) is 5.03. The van der Waals surface area contributed by atoms with Crippen molar-refractivity contribution in [3.8, 4) is 0 Å². The number of hydrogen-bond acceptors (Lipinski definition) is 3. The zero-order valence-corrected chi connectivity index (χ0v) is 9.71. The number of nitrogens with zero attached hydrogens (tertiary/aromatic N) is 1. The minimum absolute atomic E-state index is 0.493. The second-order valence-electron chi connectivity index (χ2n) is 3.72. The first-order chi connectivity index (χ1) is 7.25. The van der Waals surface area contributed by atoms with Gasteiger partial charge in [0.2, 0.25) is 0 Å². The van der Waals surface area contributed by atoms with Gasteiger partial charge in [-0.1, -0.05) is 32.0 Å². The van der Waals surface area contributed by atoms with Crippen molar-refractivity contribution < 1.29 is 0 Å². The van der Waals surface area contributed by atoms with E-state index in [0.717, 1.165) is 16.5 Å². The predicted octanol–water partition coefficient (Wildman–Crippen LogP) is 4.01. The van der Waals surface area contributed by atoms with Crippen molar-refractivity contribution in [2.75, 3.05) is 5.32 Å². The molecular formula is C12H14N2S. The summed E-state index contributed by atoms with van der Waals surface area (Å²) in [5.41, 5.74) is 2.24. The zero-order chi connectivity index (χ0) is 10.7. The lowest BCUT2D eigenvalue weighted by Gasteiger charge is -2.01. The summed E-state index contributed by atoms with van der Waals surface area (Å²) in [6.07, 6.45) is 0. The van der Waals surface area contributed by atoms with Crippen LogP contribution in [0.25, 0.3) is 0 Å². The van der Waals surface area contributed by atoms with Crippen LogP contribution in [-0.4, -0.2) is 4.98 Å². The van der Waals surface area contributed by atoms with Gasteiger partial charge in [0.1, 0.15) is 0 Å². The van der Waals surface area contributed by atoms with Crippen LogP contribution in [0.2, 0.25) is 0 Å². The van der Waals surface area contributed by atoms with Crippen LogP contribution in [0, 0.1) is 0 Å². The molecule has 0 aliphatic rings. The van der Waals surface area contributed by atoms with Crippen molar-refractivity contribution in [2.24, 2.45) is 0 Å². The molecule has 0 bridgehead atoms. The van der Waals surface area contributed by atoms with Crippen LogP contribution >= 0.6 is 11.3 Å². The Balaban J connectivity index is 2.12. The molecule has 2 rings (SSSR count). The van der Waals surface area contributed by atoms with Gasteiger partial charge >= 0.3 is 0 Å². The predicted molar refractivity (Wildman–Crippen MR) is 65.9 cm³/mol. The summed E-state index contributed by atoms with van der Waals surface area (Å²) >= 11 is 1.65. The van der Waals surface area contributed by atoms with E-state index in [1.807, 2.05) is 30.3 Å². The molecule has 0 unspecified atom stereocenters. The number of nitrogens with one attached hydrogen (secondary N) is 1. The molecule has 0 aliphatic heterocycles. The Bertz CT molecular complexity index is 420. The average molecular weight is 218 g/mol. The quantitative estimate of drug-likeness (QED) is 0.842. The van der Waals surface area contributed by atoms with Gasteiger partial charge in [0.15, 0.2) is 5.13 Å². The summed E-state index contributed by atoms with van der Waals surface area (Å²) in [6, 6.07) is 10.1. The van der Waals surface area contributed by atoms with Crippen LogP contribution in [0.15, 0.2) is 35.7 Å². The van der Waals surface area contributed by atoms with E-state index < -0.39 is 0 Å². The van der Waals surface area contributed by atoms with Crippen molar-refractivity contribution in [3.05, 3.63) is 41.4 Å². The summed E-state index contributed by atoms with van der Waals surface area (Å²) in [5.74, 6) is 0.493. The van der Waals surface area contributed by atoms with Crippen LogP contribution in [0.1, 0.15) is 25.5 Å². The topological polar surface area (TPSA) is 24.9 Å². The fourth-order valence-electron chi connectivity index (χ4n) is 1.25. The molecule has 0 spiro atoms. The van der Waals surface area contributed by atoms with E-state index in [1.165, 1.54) is 0 Å². The molecule has 1 aromatic carbocycles. The standard InChI is InChI=1S/C12H14N2S/c1-9(2)11-8-15-12(14-11)13-10-6-4-3-5-7-10/h3-9H,1-2H3,(H,13,14). The number of anilines is 2. The summed E-state index contributed by atoms with van der Waals surface area (Å²) < 4.78 is 0. The molecule has 0 atom stereocenters. The van der Waals surface area contributed by atoms with E-state index in [0.29, 0.717) is 5.92 Å². The third kappa shape index (κ3) is 2.57. The molecular weight excluding hydrogens is 204 g/mol. The van der Waals surface area contributed by atoms with Gasteiger partial charge in [-0.05, 0) is 18.1 Å². The minimum Gasteiger partial charge on any atom is -0.332 e. The van der Waals surface area contributed by atoms with Gasteiger partial charge in [0, 0.05) is 11.1 Å². The second-order valence-corrected chi connectivity index (χ2v) is 4.58. The van der Waals surface area contributed by atoms with Crippen LogP contribution in [-0.2, 0) is 0 Å². The maximum atomic E-state index is 4.51. The number of aromatic nitrogens is 1. The maximum Gasteiger partial charge on any atom is 0.187 e. The van der Waals surface area contributed by atoms with Crippen molar-refractivity contribution in [1.82, 2.24) is 4.98 Å². The molecule has 1 N–H and O–H groups in total. The van der Waals surface area contributed by atoms with Crippen molar-refractivity contribution in [3.63, 3.8) is 0 Å². The van der Waals surface area contributed by atoms with Crippen molar-refractivity contribution >= 4 is 22.2 Å². The largest absolute Gasteiger partial charge is 0.332 e. The Morgan fingerprint density at radius 1 is 1.20 bits per heavy atom. The number of thiazole rings is 1. The van der Waals surface area contributed by atoms with Crippen LogP contribution in [0.4, 0.5) is 10.8 Å². The Morgan fingerprint density at radius 3 is 2.53 bits per heavy atom. The van der Waals surface area contributed by atoms with Gasteiger partial charge < -0.3 is 5.32 Å². The first kappa shape index (κ1) is 10.2. The molecule has 2 nitrogen and oxygen atoms in total. The molecule has 1 heterocycles. The van der Waals surface area contributed by atoms with Crippen molar-refractivity contribution in [1.29, 1.82) is 0 Å². The van der Waals surface area contributed by atoms with Gasteiger partial charge in [0.05, 0.1) is 5.69 Å². The summed E-state index contributed by atoms with van der Waals surface area (Å²) in [7, 11) is 0. The molecule has 0 amide bonds. The molecule has 78 valence electrons. The van der Waals surface area contributed by atoms with Gasteiger partial charge in [-0.3, -0.25) is 0 Å². The van der Waals surface area contributed by atoms with Crippen LogP contribution < -0.4 is 5.32 Å². The third-order valence-electron chi connectivity index (χ3n) is 2.14. The number of rotatable bonds is 3. The summed E-state index contributed by atoms with van der Waals surface area (Å²) in [6.45, 7) is 4.31. The molecule has 15 heavy (non-hydrogen) atoms. The third-order valence-corrected chi connectivity index (χ3v) is 2.91. The van der Waals surface area contributed by atoms with Crippen molar-refractivity contribution in [2.45, 2.75) is 19.8 Å². The van der Waals surface area contributed by atoms with Gasteiger partial charge in [-0.15, -0.1) is 11.3 Å². The van der Waals surface area contributed by atoms with E-state index in [1.54, 1.807) is 11.3 Å². The van der Waals surface area contributed by atoms with E-state index >= 15 is 0 Å². The lowest BCUT2D eigenvalue weighted by molar-refractivity contribution is 0.834. The lowest BCUT2D eigenvalue weighted by atomic mass is 10.2. The highest BCUT2D eigenvalue weighted by Crippen LogP contribution is 2.24. The fourth-order valence-corrected chi connectivity index (χ4v) is 2.15. The Morgan fingerprint density at radius 2 is 1.93 bits per heavy atom. The molecule has 3 heteroatoms. The highest BCUT2D eigenvalue weighted by atomic mass is 32.1. The van der Waals surface area contributed by atoms with E-state index in [4.69, 9.17) is 0 Å². The Hall–Kier alpha value is -1.35. The first-order valence-corrected chi connectivity index (χ1v) is 5.91. The molecule has 0 aliphatic carbocycles. The number of benzene rings is 1. The maximum absolute atomic E-state index is 4.51. The smallest absolute Gasteiger partial charge is 0.187 e. The SMILES string of the molecule is CC(C)c1csc(Nc2ccccc2)n1. The van der Waals surface area contributed by atoms with Crippen LogP contribution in [0.3, 0.4) is 0 Å². The van der Waals surface area contributed by atoms with E-state index in [9.17, 15) is 0 Å². The number of hydrogen-bond donors (Lipinski definition) is 1. The van der Waals surface area contributed by atoms with Crippen LogP contribution in [0.5, 0.6) is 0 Å². The molecule has 1 aromatic heterocycles. The Labute approximate surface area is 94.0 Å². The molecule has 0 radical (unpaired) electrons. The fraction of sp³-hybridized carbons (Fsp3) is 0.250. The molecule has 2 aromatic rings. The number of para-hydroxylation sites is 1. The lowest BCUT2D eigenvalue weighted by Crippen LogP contribution is -1.91. The highest BCUT2D eigenvalue weighted by molar-refractivity contribution is 7.13. The molecule has 0 saturated heterocycles.